The van der Waals surface area contributed by atoms with Gasteiger partial charge in [-0.1, -0.05) is 23.7 Å². The molecule has 1 aromatic carbocycles. The Bertz CT molecular complexity index is 349. The second kappa shape index (κ2) is 7.30. The zero-order valence-electron chi connectivity index (χ0n) is 10.4. The summed E-state index contributed by atoms with van der Waals surface area (Å²) < 4.78 is 0. The number of nitrogens with one attached hydrogen (secondary N) is 1. The van der Waals surface area contributed by atoms with Crippen LogP contribution in [-0.2, 0) is 11.2 Å². The zero-order valence-corrected chi connectivity index (χ0v) is 11.1. The van der Waals surface area contributed by atoms with Crippen LogP contribution in [-0.4, -0.2) is 38.0 Å². The fraction of sp³-hybridized carbons (Fsp3) is 0.462. The van der Waals surface area contributed by atoms with Gasteiger partial charge in [0.05, 0.1) is 6.42 Å². The number of benzene rings is 1. The van der Waals surface area contributed by atoms with E-state index in [-0.39, 0.29) is 5.91 Å². The van der Waals surface area contributed by atoms with Crippen molar-refractivity contribution >= 4 is 17.5 Å². The second-order valence-corrected chi connectivity index (χ2v) is 4.75. The Kier molecular flexibility index (Phi) is 6.01. The molecule has 0 fully saturated rings. The first kappa shape index (κ1) is 14.0. The Morgan fingerprint density at radius 1 is 1.29 bits per heavy atom. The molecule has 0 aromatic heterocycles. The van der Waals surface area contributed by atoms with E-state index >= 15 is 0 Å². The van der Waals surface area contributed by atoms with Gasteiger partial charge in [0, 0.05) is 11.6 Å². The summed E-state index contributed by atoms with van der Waals surface area (Å²) in [4.78, 5) is 13.7. The van der Waals surface area contributed by atoms with Gasteiger partial charge in [-0.15, -0.1) is 0 Å². The van der Waals surface area contributed by atoms with Crippen LogP contribution in [0.3, 0.4) is 0 Å². The van der Waals surface area contributed by atoms with Gasteiger partial charge in [-0.3, -0.25) is 4.79 Å². The lowest BCUT2D eigenvalue weighted by Crippen LogP contribution is -2.28. The molecule has 1 amide bonds. The highest BCUT2D eigenvalue weighted by molar-refractivity contribution is 6.30. The summed E-state index contributed by atoms with van der Waals surface area (Å²) in [5.41, 5.74) is 0.986. The predicted octanol–water partition coefficient (Wildman–Crippen LogP) is 1.95. The molecule has 0 aliphatic heterocycles. The third kappa shape index (κ3) is 6.29. The van der Waals surface area contributed by atoms with E-state index < -0.39 is 0 Å². The van der Waals surface area contributed by atoms with Gasteiger partial charge in [-0.05, 0) is 44.8 Å². The molecule has 0 spiro atoms. The molecule has 0 saturated heterocycles. The third-order valence-electron chi connectivity index (χ3n) is 2.38. The molecular weight excluding hydrogens is 236 g/mol. The number of carbonyl (C=O) groups is 1. The summed E-state index contributed by atoms with van der Waals surface area (Å²) in [5, 5.41) is 3.60. The van der Waals surface area contributed by atoms with Crippen LogP contribution in [0.15, 0.2) is 24.3 Å². The first-order valence-electron chi connectivity index (χ1n) is 5.74. The topological polar surface area (TPSA) is 32.3 Å². The van der Waals surface area contributed by atoms with Crippen molar-refractivity contribution in [1.29, 1.82) is 0 Å². The molecule has 0 bridgehead atoms. The van der Waals surface area contributed by atoms with E-state index in [2.05, 4.69) is 10.2 Å². The fourth-order valence-electron chi connectivity index (χ4n) is 1.47. The summed E-state index contributed by atoms with van der Waals surface area (Å²) in [5.74, 6) is 0.0612. The van der Waals surface area contributed by atoms with Crippen LogP contribution in [0.25, 0.3) is 0 Å². The maximum absolute atomic E-state index is 11.6. The van der Waals surface area contributed by atoms with Gasteiger partial charge in [0.25, 0.3) is 0 Å². The van der Waals surface area contributed by atoms with E-state index in [1.807, 2.05) is 26.2 Å². The van der Waals surface area contributed by atoms with Crippen molar-refractivity contribution < 1.29 is 4.79 Å². The average Bonchev–Trinajstić information content (AvgIpc) is 2.27. The molecule has 0 radical (unpaired) electrons. The van der Waals surface area contributed by atoms with Crippen molar-refractivity contribution in [3.63, 3.8) is 0 Å². The Hall–Kier alpha value is -1.06. The fourth-order valence-corrected chi connectivity index (χ4v) is 1.60. The molecule has 0 aliphatic rings. The maximum atomic E-state index is 11.6. The van der Waals surface area contributed by atoms with Crippen molar-refractivity contribution in [2.24, 2.45) is 0 Å². The van der Waals surface area contributed by atoms with Gasteiger partial charge in [0.1, 0.15) is 0 Å². The number of hydrogen-bond donors (Lipinski definition) is 1. The number of hydrogen-bond acceptors (Lipinski definition) is 2. The van der Waals surface area contributed by atoms with Gasteiger partial charge in [-0.25, -0.2) is 0 Å². The van der Waals surface area contributed by atoms with E-state index in [0.717, 1.165) is 25.1 Å². The lowest BCUT2D eigenvalue weighted by atomic mass is 10.1. The molecule has 17 heavy (non-hydrogen) atoms. The molecule has 94 valence electrons. The van der Waals surface area contributed by atoms with E-state index in [9.17, 15) is 4.79 Å². The van der Waals surface area contributed by atoms with Gasteiger partial charge in [0.2, 0.25) is 5.91 Å². The summed E-state index contributed by atoms with van der Waals surface area (Å²) >= 11 is 5.78. The SMILES string of the molecule is CN(C)CCCNC(=O)Cc1ccc(Cl)cc1. The molecule has 0 atom stereocenters. The van der Waals surface area contributed by atoms with Crippen LogP contribution in [0.5, 0.6) is 0 Å². The van der Waals surface area contributed by atoms with Crippen LogP contribution < -0.4 is 5.32 Å². The van der Waals surface area contributed by atoms with Crippen LogP contribution in [0, 0.1) is 0 Å². The van der Waals surface area contributed by atoms with Gasteiger partial charge in [0.15, 0.2) is 0 Å². The number of nitrogens with zero attached hydrogens (tertiary/aromatic N) is 1. The molecule has 3 nitrogen and oxygen atoms in total. The maximum Gasteiger partial charge on any atom is 0.224 e. The zero-order chi connectivity index (χ0) is 12.7. The molecule has 4 heteroatoms. The van der Waals surface area contributed by atoms with Crippen molar-refractivity contribution in [1.82, 2.24) is 10.2 Å². The highest BCUT2D eigenvalue weighted by Gasteiger charge is 2.02. The highest BCUT2D eigenvalue weighted by Crippen LogP contribution is 2.09. The quantitative estimate of drug-likeness (QED) is 0.787. The monoisotopic (exact) mass is 254 g/mol. The molecule has 1 N–H and O–H groups in total. The first-order valence-corrected chi connectivity index (χ1v) is 6.11. The molecule has 0 heterocycles. The molecular formula is C13H19ClN2O. The Morgan fingerprint density at radius 2 is 1.94 bits per heavy atom. The molecule has 1 aromatic rings. The molecule has 0 unspecified atom stereocenters. The summed E-state index contributed by atoms with van der Waals surface area (Å²) in [6, 6.07) is 7.36. The minimum absolute atomic E-state index is 0.0612. The first-order chi connectivity index (χ1) is 8.08. The third-order valence-corrected chi connectivity index (χ3v) is 2.63. The summed E-state index contributed by atoms with van der Waals surface area (Å²) in [6.45, 7) is 1.71. The van der Waals surface area contributed by atoms with Gasteiger partial charge < -0.3 is 10.2 Å². The second-order valence-electron chi connectivity index (χ2n) is 4.31. The highest BCUT2D eigenvalue weighted by atomic mass is 35.5. The smallest absolute Gasteiger partial charge is 0.224 e. The van der Waals surface area contributed by atoms with Crippen molar-refractivity contribution in [2.45, 2.75) is 12.8 Å². The largest absolute Gasteiger partial charge is 0.356 e. The predicted molar refractivity (Wildman–Crippen MR) is 71.3 cm³/mol. The normalized spacial score (nSPS) is 10.6. The van der Waals surface area contributed by atoms with E-state index in [1.165, 1.54) is 0 Å². The van der Waals surface area contributed by atoms with Gasteiger partial charge in [-0.2, -0.15) is 0 Å². The lowest BCUT2D eigenvalue weighted by molar-refractivity contribution is -0.120. The molecule has 0 saturated carbocycles. The minimum atomic E-state index is 0.0612. The Labute approximate surface area is 108 Å². The van der Waals surface area contributed by atoms with Crippen LogP contribution in [0.1, 0.15) is 12.0 Å². The molecule has 1 rings (SSSR count). The van der Waals surface area contributed by atoms with Crippen LogP contribution in [0.2, 0.25) is 5.02 Å². The van der Waals surface area contributed by atoms with E-state index in [1.54, 1.807) is 12.1 Å². The Balaban J connectivity index is 2.23. The summed E-state index contributed by atoms with van der Waals surface area (Å²) in [6.07, 6.45) is 1.39. The standard InChI is InChI=1S/C13H19ClN2O/c1-16(2)9-3-8-15-13(17)10-11-4-6-12(14)7-5-11/h4-7H,3,8-10H2,1-2H3,(H,15,17). The number of amides is 1. The lowest BCUT2D eigenvalue weighted by Gasteiger charge is -2.09. The van der Waals surface area contributed by atoms with Gasteiger partial charge >= 0.3 is 0 Å². The van der Waals surface area contributed by atoms with Crippen LogP contribution in [0.4, 0.5) is 0 Å². The number of halogens is 1. The van der Waals surface area contributed by atoms with E-state index in [4.69, 9.17) is 11.6 Å². The minimum Gasteiger partial charge on any atom is -0.356 e. The van der Waals surface area contributed by atoms with Crippen LogP contribution >= 0.6 is 11.6 Å². The van der Waals surface area contributed by atoms with Crippen molar-refractivity contribution in [3.8, 4) is 0 Å². The Morgan fingerprint density at radius 3 is 2.53 bits per heavy atom. The van der Waals surface area contributed by atoms with E-state index in [0.29, 0.717) is 11.4 Å². The number of rotatable bonds is 6. The molecule has 0 aliphatic carbocycles. The van der Waals surface area contributed by atoms with Crippen molar-refractivity contribution in [3.05, 3.63) is 34.9 Å². The number of carbonyl (C=O) groups excluding carboxylic acids is 1. The van der Waals surface area contributed by atoms with Crippen molar-refractivity contribution in [2.75, 3.05) is 27.2 Å². The average molecular weight is 255 g/mol. The summed E-state index contributed by atoms with van der Waals surface area (Å²) in [7, 11) is 4.05.